The van der Waals surface area contributed by atoms with Crippen molar-refractivity contribution in [3.8, 4) is 0 Å². The SMILES string of the molecule is CN(CC(O)=C=O)OCc1ccccc1.C[N+](C)(C)CCOP(=O)(O)O. The Morgan fingerprint density at radius 2 is 1.81 bits per heavy atom. The average molecular weight is 391 g/mol. The van der Waals surface area contributed by atoms with Crippen LogP contribution in [0.2, 0.25) is 0 Å². The van der Waals surface area contributed by atoms with Crippen LogP contribution in [-0.4, -0.2) is 78.3 Å². The highest BCUT2D eigenvalue weighted by Gasteiger charge is 2.16. The molecular formula is C16H28N2O7P+. The highest BCUT2D eigenvalue weighted by molar-refractivity contribution is 7.46. The van der Waals surface area contributed by atoms with Crippen LogP contribution in [0.15, 0.2) is 36.1 Å². The van der Waals surface area contributed by atoms with Crippen LogP contribution in [-0.2, 0) is 25.3 Å². The number of hydroxylamine groups is 2. The molecule has 0 aliphatic carbocycles. The average Bonchev–Trinajstić information content (AvgIpc) is 2.52. The summed E-state index contributed by atoms with van der Waals surface area (Å²) in [6.45, 7) is 1.10. The fraction of sp³-hybridized carbons (Fsp3) is 0.500. The van der Waals surface area contributed by atoms with Crippen molar-refractivity contribution >= 4 is 13.8 Å². The second-order valence-electron chi connectivity index (χ2n) is 6.43. The van der Waals surface area contributed by atoms with E-state index in [0.717, 1.165) is 5.56 Å². The number of hydrogen-bond donors (Lipinski definition) is 3. The number of hydrogen-bond acceptors (Lipinski definition) is 6. The molecule has 148 valence electrons. The van der Waals surface area contributed by atoms with Crippen molar-refractivity contribution in [1.82, 2.24) is 5.06 Å². The van der Waals surface area contributed by atoms with E-state index in [9.17, 15) is 9.36 Å². The molecule has 1 rings (SSSR count). The van der Waals surface area contributed by atoms with Crippen molar-refractivity contribution in [3.05, 3.63) is 41.7 Å². The van der Waals surface area contributed by atoms with Gasteiger partial charge < -0.3 is 19.4 Å². The van der Waals surface area contributed by atoms with Crippen molar-refractivity contribution < 1.29 is 38.1 Å². The highest BCUT2D eigenvalue weighted by Crippen LogP contribution is 2.35. The summed E-state index contributed by atoms with van der Waals surface area (Å²) in [6, 6.07) is 9.63. The van der Waals surface area contributed by atoms with Gasteiger partial charge in [-0.15, -0.1) is 0 Å². The van der Waals surface area contributed by atoms with Gasteiger partial charge in [0.25, 0.3) is 0 Å². The molecule has 0 aliphatic rings. The molecule has 3 N–H and O–H groups in total. The molecule has 10 heteroatoms. The molecule has 0 heterocycles. The van der Waals surface area contributed by atoms with E-state index < -0.39 is 7.82 Å². The number of benzene rings is 1. The Labute approximate surface area is 153 Å². The Morgan fingerprint density at radius 1 is 1.23 bits per heavy atom. The van der Waals surface area contributed by atoms with Gasteiger partial charge in [0.15, 0.2) is 11.7 Å². The van der Waals surface area contributed by atoms with Crippen LogP contribution in [0.4, 0.5) is 0 Å². The van der Waals surface area contributed by atoms with Crippen LogP contribution in [0.5, 0.6) is 0 Å². The highest BCUT2D eigenvalue weighted by atomic mass is 31.2. The van der Waals surface area contributed by atoms with Gasteiger partial charge in [-0.3, -0.25) is 9.36 Å². The van der Waals surface area contributed by atoms with Crippen molar-refractivity contribution in [2.45, 2.75) is 6.61 Å². The number of phosphoric ester groups is 1. The van der Waals surface area contributed by atoms with Gasteiger partial charge in [-0.1, -0.05) is 30.3 Å². The molecule has 1 aromatic carbocycles. The van der Waals surface area contributed by atoms with E-state index >= 15 is 0 Å². The van der Waals surface area contributed by atoms with E-state index in [4.69, 9.17) is 19.7 Å². The predicted molar refractivity (Wildman–Crippen MR) is 96.6 cm³/mol. The normalized spacial score (nSPS) is 11.5. The largest absolute Gasteiger partial charge is 0.501 e. The third-order valence-electron chi connectivity index (χ3n) is 2.81. The Balaban J connectivity index is 0.000000508. The molecule has 0 spiro atoms. The summed E-state index contributed by atoms with van der Waals surface area (Å²) in [5.41, 5.74) is 1.03. The van der Waals surface area contributed by atoms with E-state index in [1.54, 1.807) is 7.05 Å². The zero-order chi connectivity index (χ0) is 20.2. The number of nitrogens with zero attached hydrogens (tertiary/aromatic N) is 2. The van der Waals surface area contributed by atoms with Gasteiger partial charge in [-0.2, -0.15) is 5.06 Å². The van der Waals surface area contributed by atoms with Gasteiger partial charge in [0.2, 0.25) is 0 Å². The third-order valence-corrected chi connectivity index (χ3v) is 3.33. The van der Waals surface area contributed by atoms with Crippen LogP contribution in [0.3, 0.4) is 0 Å². The van der Waals surface area contributed by atoms with Crippen molar-refractivity contribution in [2.75, 3.05) is 47.9 Å². The fourth-order valence-electron chi connectivity index (χ4n) is 1.48. The fourth-order valence-corrected chi connectivity index (χ4v) is 1.80. The minimum Gasteiger partial charge on any atom is -0.501 e. The molecule has 0 saturated heterocycles. The smallest absolute Gasteiger partial charge is 0.469 e. The summed E-state index contributed by atoms with van der Waals surface area (Å²) in [5.74, 6) is 1.02. The maximum absolute atomic E-state index is 10.2. The lowest BCUT2D eigenvalue weighted by atomic mass is 10.2. The summed E-state index contributed by atoms with van der Waals surface area (Å²) < 4.78 is 15.1. The minimum atomic E-state index is -4.26. The van der Waals surface area contributed by atoms with Crippen LogP contribution >= 0.6 is 7.82 Å². The molecule has 1 aromatic rings. The lowest BCUT2D eigenvalue weighted by molar-refractivity contribution is -0.870. The summed E-state index contributed by atoms with van der Waals surface area (Å²) in [6.07, 6.45) is 0. The van der Waals surface area contributed by atoms with Crippen LogP contribution in [0, 0.1) is 0 Å². The molecule has 0 fully saturated rings. The Morgan fingerprint density at radius 3 is 2.27 bits per heavy atom. The monoisotopic (exact) mass is 391 g/mol. The van der Waals surface area contributed by atoms with E-state index in [-0.39, 0.29) is 18.9 Å². The lowest BCUT2D eigenvalue weighted by Crippen LogP contribution is -2.37. The third kappa shape index (κ3) is 16.0. The van der Waals surface area contributed by atoms with Gasteiger partial charge in [-0.05, 0) is 5.56 Å². The van der Waals surface area contributed by atoms with Crippen molar-refractivity contribution in [3.63, 3.8) is 0 Å². The molecule has 0 aliphatic heterocycles. The molecule has 0 bridgehead atoms. The summed E-state index contributed by atoms with van der Waals surface area (Å²) in [4.78, 5) is 31.9. The predicted octanol–water partition coefficient (Wildman–Crippen LogP) is 1.13. The van der Waals surface area contributed by atoms with E-state index in [2.05, 4.69) is 4.52 Å². The molecular weight excluding hydrogens is 363 g/mol. The van der Waals surface area contributed by atoms with Crippen LogP contribution in [0.25, 0.3) is 0 Å². The van der Waals surface area contributed by atoms with Gasteiger partial charge in [-0.25, -0.2) is 9.36 Å². The molecule has 0 saturated carbocycles. The Bertz CT molecular complexity index is 607. The number of aliphatic hydroxyl groups excluding tert-OH is 1. The second kappa shape index (κ2) is 12.0. The zero-order valence-electron chi connectivity index (χ0n) is 15.5. The van der Waals surface area contributed by atoms with Crippen LogP contribution < -0.4 is 0 Å². The maximum Gasteiger partial charge on any atom is 0.469 e. The number of carbonyl (C=O) groups excluding carboxylic acids is 1. The maximum atomic E-state index is 10.2. The van der Waals surface area contributed by atoms with Gasteiger partial charge in [0.05, 0.1) is 34.3 Å². The summed E-state index contributed by atoms with van der Waals surface area (Å²) >= 11 is 0. The number of rotatable bonds is 9. The van der Waals surface area contributed by atoms with Crippen LogP contribution in [0.1, 0.15) is 5.56 Å². The van der Waals surface area contributed by atoms with Gasteiger partial charge in [0, 0.05) is 7.05 Å². The second-order valence-corrected chi connectivity index (χ2v) is 7.67. The molecule has 9 nitrogen and oxygen atoms in total. The Kier molecular flexibility index (Phi) is 11.2. The molecule has 26 heavy (non-hydrogen) atoms. The Hall–Kier alpha value is -1.54. The molecule has 0 atom stereocenters. The number of likely N-dealkylation sites (N-methyl/N-ethyl adjacent to an activating group) is 2. The van der Waals surface area contributed by atoms with E-state index in [1.165, 1.54) is 11.0 Å². The van der Waals surface area contributed by atoms with Crippen molar-refractivity contribution in [2.24, 2.45) is 0 Å². The summed E-state index contributed by atoms with van der Waals surface area (Å²) in [7, 11) is 3.13. The zero-order valence-corrected chi connectivity index (χ0v) is 16.4. The molecule has 0 amide bonds. The molecule has 0 aromatic heterocycles. The quantitative estimate of drug-likeness (QED) is 0.189. The standard InChI is InChI=1S/C11H13NO3.C5H14NO4P/c1-12(7-11(14)8-13)15-9-10-5-3-2-4-6-10;1-6(2,3)4-5-10-11(7,8)9/h2-6,14H,7,9H2,1H3;4-5H2,1-3H3,(H-,7,8,9)/p+1. The number of aliphatic hydroxyl groups is 1. The minimum absolute atomic E-state index is 0.0380. The first-order chi connectivity index (χ1) is 11.9. The lowest BCUT2D eigenvalue weighted by Gasteiger charge is -2.23. The topological polar surface area (TPSA) is 117 Å². The van der Waals surface area contributed by atoms with Crippen molar-refractivity contribution in [1.29, 1.82) is 0 Å². The van der Waals surface area contributed by atoms with Gasteiger partial charge >= 0.3 is 7.82 Å². The molecule has 0 unspecified atom stereocenters. The number of quaternary nitrogens is 1. The van der Waals surface area contributed by atoms with E-state index in [0.29, 0.717) is 17.6 Å². The van der Waals surface area contributed by atoms with E-state index in [1.807, 2.05) is 51.5 Å². The van der Waals surface area contributed by atoms with Gasteiger partial charge in [0.1, 0.15) is 13.2 Å². The first-order valence-electron chi connectivity index (χ1n) is 7.74. The first kappa shape index (κ1) is 24.5. The molecule has 0 radical (unpaired) electrons. The number of phosphoric acid groups is 1. The summed E-state index contributed by atoms with van der Waals surface area (Å²) in [5, 5.41) is 10.3. The first-order valence-corrected chi connectivity index (χ1v) is 9.27.